The van der Waals surface area contributed by atoms with Gasteiger partial charge in [-0.1, -0.05) is 41.9 Å². The van der Waals surface area contributed by atoms with Crippen LogP contribution in [0.5, 0.6) is 5.75 Å². The highest BCUT2D eigenvalue weighted by molar-refractivity contribution is 6.30. The topological polar surface area (TPSA) is 58.0 Å². The smallest absolute Gasteiger partial charge is 0.147 e. The number of anilines is 1. The molecule has 0 aliphatic rings. The molecule has 0 aliphatic carbocycles. The van der Waals surface area contributed by atoms with Gasteiger partial charge in [0, 0.05) is 28.4 Å². The first-order valence-electron chi connectivity index (χ1n) is 8.63. The van der Waals surface area contributed by atoms with Gasteiger partial charge in [-0.15, -0.1) is 0 Å². The Hall–Kier alpha value is -3.11. The van der Waals surface area contributed by atoms with Gasteiger partial charge in [-0.05, 0) is 48.4 Å². The maximum absolute atomic E-state index is 10.9. The normalized spacial score (nSPS) is 12.1. The lowest BCUT2D eigenvalue weighted by Gasteiger charge is -2.22. The van der Waals surface area contributed by atoms with Crippen molar-refractivity contribution >= 4 is 28.3 Å². The van der Waals surface area contributed by atoms with E-state index >= 15 is 0 Å². The van der Waals surface area contributed by atoms with Gasteiger partial charge in [-0.2, -0.15) is 0 Å². The maximum Gasteiger partial charge on any atom is 0.147 e. The molecule has 0 aliphatic heterocycles. The molecule has 0 radical (unpaired) electrons. The summed E-state index contributed by atoms with van der Waals surface area (Å²) in [7, 11) is 0. The number of fused-ring (bicyclic) bond motifs is 1. The van der Waals surface area contributed by atoms with Gasteiger partial charge >= 0.3 is 0 Å². The molecule has 0 fully saturated rings. The lowest BCUT2D eigenvalue weighted by Crippen LogP contribution is -2.13. The number of rotatable bonds is 4. The quantitative estimate of drug-likeness (QED) is 0.494. The van der Waals surface area contributed by atoms with Crippen molar-refractivity contribution in [3.8, 4) is 5.75 Å². The fourth-order valence-corrected chi connectivity index (χ4v) is 3.26. The van der Waals surface area contributed by atoms with Crippen LogP contribution in [-0.2, 0) is 0 Å². The Morgan fingerprint density at radius 3 is 2.56 bits per heavy atom. The number of aromatic hydroxyl groups is 1. The van der Waals surface area contributed by atoms with Crippen LogP contribution in [0.25, 0.3) is 10.9 Å². The molecule has 0 saturated heterocycles. The van der Waals surface area contributed by atoms with Gasteiger partial charge in [-0.3, -0.25) is 4.98 Å². The number of phenols is 1. The second-order valence-electron chi connectivity index (χ2n) is 6.43. The molecule has 0 saturated carbocycles. The van der Waals surface area contributed by atoms with Crippen molar-refractivity contribution in [2.24, 2.45) is 0 Å². The van der Waals surface area contributed by atoms with Crippen LogP contribution in [-0.4, -0.2) is 15.1 Å². The van der Waals surface area contributed by atoms with Gasteiger partial charge in [0.05, 0.1) is 6.04 Å². The highest BCUT2D eigenvalue weighted by Gasteiger charge is 2.20. The van der Waals surface area contributed by atoms with Crippen LogP contribution in [0, 0.1) is 6.92 Å². The molecule has 4 aromatic rings. The molecule has 0 spiro atoms. The summed E-state index contributed by atoms with van der Waals surface area (Å²) in [6, 6.07) is 18.8. The number of benzene rings is 2. The number of aromatic nitrogens is 2. The highest BCUT2D eigenvalue weighted by atomic mass is 35.5. The monoisotopic (exact) mass is 375 g/mol. The van der Waals surface area contributed by atoms with E-state index in [-0.39, 0.29) is 11.8 Å². The fourth-order valence-electron chi connectivity index (χ4n) is 3.14. The standard InChI is InChI=1S/C22H18ClN3O/c1-14-10-12-24-19(13-14)26-20(16-4-7-17(23)8-5-16)18-9-6-15-3-2-11-25-21(15)22(18)27/h2-13,20,27H,1H3,(H,24,26)/t20-/m0/s1. The predicted octanol–water partition coefficient (Wildman–Crippen LogP) is 5.50. The first-order chi connectivity index (χ1) is 13.1. The van der Waals surface area contributed by atoms with E-state index in [0.717, 1.165) is 27.9 Å². The first kappa shape index (κ1) is 17.3. The third-order valence-corrected chi connectivity index (χ3v) is 4.75. The number of nitrogens with one attached hydrogen (secondary N) is 1. The van der Waals surface area contributed by atoms with Crippen LogP contribution in [0.4, 0.5) is 5.82 Å². The SMILES string of the molecule is Cc1ccnc(N[C@@H](c2ccc(Cl)cc2)c2ccc3cccnc3c2O)c1. The molecule has 2 heterocycles. The maximum atomic E-state index is 10.9. The molecule has 0 bridgehead atoms. The number of hydrogen-bond acceptors (Lipinski definition) is 4. The Balaban J connectivity index is 1.84. The third-order valence-electron chi connectivity index (χ3n) is 4.50. The Morgan fingerprint density at radius 1 is 0.963 bits per heavy atom. The minimum absolute atomic E-state index is 0.160. The Morgan fingerprint density at radius 2 is 1.78 bits per heavy atom. The molecule has 4 nitrogen and oxygen atoms in total. The average Bonchev–Trinajstić information content (AvgIpc) is 2.68. The van der Waals surface area contributed by atoms with Crippen molar-refractivity contribution in [2.75, 3.05) is 5.32 Å². The van der Waals surface area contributed by atoms with Gasteiger partial charge in [-0.25, -0.2) is 4.98 Å². The van der Waals surface area contributed by atoms with E-state index in [0.29, 0.717) is 10.5 Å². The second-order valence-corrected chi connectivity index (χ2v) is 6.86. The molecule has 5 heteroatoms. The van der Waals surface area contributed by atoms with Crippen LogP contribution in [0.3, 0.4) is 0 Å². The second kappa shape index (κ2) is 7.25. The van der Waals surface area contributed by atoms with E-state index in [1.807, 2.05) is 67.6 Å². The Kier molecular flexibility index (Phi) is 4.65. The van der Waals surface area contributed by atoms with E-state index in [4.69, 9.17) is 11.6 Å². The highest BCUT2D eigenvalue weighted by Crippen LogP contribution is 2.36. The minimum Gasteiger partial charge on any atom is -0.505 e. The van der Waals surface area contributed by atoms with Gasteiger partial charge in [0.15, 0.2) is 0 Å². The van der Waals surface area contributed by atoms with E-state index < -0.39 is 0 Å². The van der Waals surface area contributed by atoms with E-state index in [9.17, 15) is 5.11 Å². The van der Waals surface area contributed by atoms with E-state index in [2.05, 4.69) is 15.3 Å². The lowest BCUT2D eigenvalue weighted by molar-refractivity contribution is 0.471. The van der Waals surface area contributed by atoms with Crippen molar-refractivity contribution in [1.82, 2.24) is 9.97 Å². The molecule has 2 aromatic carbocycles. The average molecular weight is 376 g/mol. The van der Waals surface area contributed by atoms with Crippen molar-refractivity contribution < 1.29 is 5.11 Å². The summed E-state index contributed by atoms with van der Waals surface area (Å²) >= 11 is 6.06. The number of hydrogen-bond donors (Lipinski definition) is 2. The van der Waals surface area contributed by atoms with Gasteiger partial charge in [0.1, 0.15) is 17.1 Å². The summed E-state index contributed by atoms with van der Waals surface area (Å²) in [4.78, 5) is 8.74. The number of pyridine rings is 2. The number of aryl methyl sites for hydroxylation is 1. The van der Waals surface area contributed by atoms with Crippen LogP contribution in [0.15, 0.2) is 73.1 Å². The van der Waals surface area contributed by atoms with Crippen molar-refractivity contribution in [2.45, 2.75) is 13.0 Å². The summed E-state index contributed by atoms with van der Waals surface area (Å²) < 4.78 is 0. The minimum atomic E-state index is -0.303. The van der Waals surface area contributed by atoms with Crippen LogP contribution in [0.1, 0.15) is 22.7 Å². The molecule has 0 amide bonds. The zero-order valence-electron chi connectivity index (χ0n) is 14.7. The van der Waals surface area contributed by atoms with Crippen molar-refractivity contribution in [3.63, 3.8) is 0 Å². The third kappa shape index (κ3) is 3.57. The molecule has 2 aromatic heterocycles. The Labute approximate surface area is 162 Å². The summed E-state index contributed by atoms with van der Waals surface area (Å²) in [6.45, 7) is 2.02. The fraction of sp³-hybridized carbons (Fsp3) is 0.0909. The molecule has 134 valence electrons. The molecule has 27 heavy (non-hydrogen) atoms. The van der Waals surface area contributed by atoms with Crippen LogP contribution >= 0.6 is 11.6 Å². The molecular formula is C22H18ClN3O. The molecule has 2 N–H and O–H groups in total. The van der Waals surface area contributed by atoms with E-state index in [1.165, 1.54) is 0 Å². The van der Waals surface area contributed by atoms with Crippen LogP contribution in [0.2, 0.25) is 5.02 Å². The van der Waals surface area contributed by atoms with E-state index in [1.54, 1.807) is 12.4 Å². The van der Waals surface area contributed by atoms with Crippen molar-refractivity contribution in [1.29, 1.82) is 0 Å². The van der Waals surface area contributed by atoms with Gasteiger partial charge < -0.3 is 10.4 Å². The zero-order chi connectivity index (χ0) is 18.8. The zero-order valence-corrected chi connectivity index (χ0v) is 15.5. The van der Waals surface area contributed by atoms with Gasteiger partial charge in [0.2, 0.25) is 0 Å². The molecular weight excluding hydrogens is 358 g/mol. The largest absolute Gasteiger partial charge is 0.505 e. The summed E-state index contributed by atoms with van der Waals surface area (Å²) in [5.74, 6) is 0.892. The molecule has 1 atom stereocenters. The summed E-state index contributed by atoms with van der Waals surface area (Å²) in [5.41, 5.74) is 3.37. The number of nitrogens with zero attached hydrogens (tertiary/aromatic N) is 2. The predicted molar refractivity (Wildman–Crippen MR) is 109 cm³/mol. The summed E-state index contributed by atoms with van der Waals surface area (Å²) in [6.07, 6.45) is 3.44. The van der Waals surface area contributed by atoms with Gasteiger partial charge in [0.25, 0.3) is 0 Å². The number of halogens is 1. The molecule has 0 unspecified atom stereocenters. The van der Waals surface area contributed by atoms with Crippen molar-refractivity contribution in [3.05, 3.63) is 94.8 Å². The first-order valence-corrected chi connectivity index (χ1v) is 9.01. The Bertz CT molecular complexity index is 1100. The van der Waals surface area contributed by atoms with Crippen LogP contribution < -0.4 is 5.32 Å². The number of phenolic OH excluding ortho intramolecular Hbond substituents is 1. The summed E-state index contributed by atoms with van der Waals surface area (Å²) in [5, 5.41) is 15.9. The lowest BCUT2D eigenvalue weighted by atomic mass is 9.96. The molecule has 4 rings (SSSR count).